The molecular weight excluding hydrogens is 789 g/mol. The van der Waals surface area contributed by atoms with Crippen molar-refractivity contribution in [1.82, 2.24) is 15.0 Å². The van der Waals surface area contributed by atoms with Gasteiger partial charge < -0.3 is 15.3 Å². The Balaban J connectivity index is 0.000000133. The Labute approximate surface area is 332 Å². The van der Waals surface area contributed by atoms with Crippen molar-refractivity contribution in [3.8, 4) is 51.0 Å². The van der Waals surface area contributed by atoms with E-state index in [1.165, 1.54) is 0 Å². The minimum atomic E-state index is 0. The van der Waals surface area contributed by atoms with Crippen LogP contribution in [0.2, 0.25) is 0 Å². The molecule has 6 nitrogen and oxygen atoms in total. The number of benzene rings is 6. The smallest absolute Gasteiger partial charge is 0.132 e. The van der Waals surface area contributed by atoms with Gasteiger partial charge in [0.15, 0.2) is 0 Å². The molecule has 0 bridgehead atoms. The molecule has 1 radical (unpaired) electrons. The summed E-state index contributed by atoms with van der Waals surface area (Å²) in [4.78, 5) is 12.8. The van der Waals surface area contributed by atoms with Gasteiger partial charge in [-0.05, 0) is 70.8 Å². The van der Waals surface area contributed by atoms with E-state index in [0.29, 0.717) is 17.2 Å². The van der Waals surface area contributed by atoms with E-state index in [9.17, 15) is 15.3 Å². The van der Waals surface area contributed by atoms with Gasteiger partial charge in [-0.2, -0.15) is 0 Å². The zero-order chi connectivity index (χ0) is 35.0. The molecule has 0 saturated carbocycles. The maximum absolute atomic E-state index is 10.3. The van der Waals surface area contributed by atoms with Crippen molar-refractivity contribution in [3.05, 3.63) is 182 Å². The van der Waals surface area contributed by atoms with Crippen molar-refractivity contribution < 1.29 is 53.9 Å². The largest absolute Gasteiger partial charge is 0.507 e. The number of hydrogen-bond acceptors (Lipinski definition) is 6. The molecule has 0 aliphatic rings. The molecule has 0 fully saturated rings. The second-order valence-electron chi connectivity index (χ2n) is 11.7. The molecule has 9 rings (SSSR count). The summed E-state index contributed by atoms with van der Waals surface area (Å²) in [6, 6.07) is 52.0. The summed E-state index contributed by atoms with van der Waals surface area (Å²) in [5.74, 6) is 0.880. The van der Waals surface area contributed by atoms with Crippen LogP contribution in [0.15, 0.2) is 182 Å². The molecule has 255 valence electrons. The SMILES string of the molecule is Oc1c(-c2ccccn2)ccc2ccccc12.Oc1c(-c2ccccn2)ccc2ccccc12.Oc1c(-c2ccccn2)ccc2ccccc12.[Tb]. The number of phenolic OH excluding ortho intramolecular Hbond substituents is 3. The first kappa shape index (κ1) is 36.0. The standard InChI is InChI=1S/3C15H11NO.Tb/c3*17-15-12-6-2-1-5-11(12)8-9-13(15)14-7-3-4-10-16-14;/h3*1-10,17H;. The van der Waals surface area contributed by atoms with Gasteiger partial charge in [0.2, 0.25) is 0 Å². The summed E-state index contributed by atoms with van der Waals surface area (Å²) in [5, 5.41) is 36.5. The summed E-state index contributed by atoms with van der Waals surface area (Å²) in [7, 11) is 0. The number of hydrogen-bond donors (Lipinski definition) is 3. The van der Waals surface area contributed by atoms with Gasteiger partial charge in [-0.3, -0.25) is 15.0 Å². The molecule has 7 heteroatoms. The Morgan fingerprint density at radius 1 is 0.288 bits per heavy atom. The molecule has 0 aliphatic heterocycles. The molecule has 0 spiro atoms. The topological polar surface area (TPSA) is 99.4 Å². The van der Waals surface area contributed by atoms with Gasteiger partial charge in [0.05, 0.1) is 17.1 Å². The van der Waals surface area contributed by atoms with Crippen molar-refractivity contribution in [1.29, 1.82) is 0 Å². The Hall–Kier alpha value is -5.76. The molecule has 6 aromatic carbocycles. The average Bonchev–Trinajstić information content (AvgIpc) is 3.20. The molecule has 3 N–H and O–H groups in total. The number of rotatable bonds is 3. The summed E-state index contributed by atoms with van der Waals surface area (Å²) in [5.41, 5.74) is 4.67. The number of aromatic hydroxyl groups is 3. The second kappa shape index (κ2) is 17.0. The number of nitrogens with zero attached hydrogens (tertiary/aromatic N) is 3. The third-order valence-electron chi connectivity index (χ3n) is 8.52. The average molecular weight is 823 g/mol. The van der Waals surface area contributed by atoms with Crippen LogP contribution >= 0.6 is 0 Å². The van der Waals surface area contributed by atoms with E-state index in [1.54, 1.807) is 18.6 Å². The van der Waals surface area contributed by atoms with Crippen molar-refractivity contribution in [2.45, 2.75) is 0 Å². The van der Waals surface area contributed by atoms with Crippen LogP contribution in [0.1, 0.15) is 0 Å². The fraction of sp³-hybridized carbons (Fsp3) is 0. The Kier molecular flexibility index (Phi) is 11.8. The Morgan fingerprint density at radius 3 is 0.827 bits per heavy atom. The van der Waals surface area contributed by atoms with Crippen LogP contribution in [0.25, 0.3) is 66.1 Å². The summed E-state index contributed by atoms with van der Waals surface area (Å²) in [6.45, 7) is 0. The maximum Gasteiger partial charge on any atom is 0.132 e. The monoisotopic (exact) mass is 822 g/mol. The zero-order valence-corrected chi connectivity index (χ0v) is 30.0. The first-order valence-electron chi connectivity index (χ1n) is 16.4. The molecular formula is C45H33N3O3Tb. The third-order valence-corrected chi connectivity index (χ3v) is 8.52. The van der Waals surface area contributed by atoms with Crippen LogP contribution in [0.3, 0.4) is 0 Å². The predicted octanol–water partition coefficient (Wildman–Crippen LogP) is 10.8. The minimum Gasteiger partial charge on any atom is -0.507 e. The van der Waals surface area contributed by atoms with E-state index in [2.05, 4.69) is 15.0 Å². The number of aromatic nitrogens is 3. The summed E-state index contributed by atoms with van der Waals surface area (Å²) >= 11 is 0. The third kappa shape index (κ3) is 7.91. The van der Waals surface area contributed by atoms with E-state index in [0.717, 1.165) is 66.1 Å². The first-order valence-corrected chi connectivity index (χ1v) is 16.4. The van der Waals surface area contributed by atoms with Crippen molar-refractivity contribution in [2.75, 3.05) is 0 Å². The van der Waals surface area contributed by atoms with Crippen molar-refractivity contribution in [3.63, 3.8) is 0 Å². The molecule has 0 atom stereocenters. The van der Waals surface area contributed by atoms with Gasteiger partial charge >= 0.3 is 0 Å². The summed E-state index contributed by atoms with van der Waals surface area (Å²) < 4.78 is 0. The van der Waals surface area contributed by atoms with Gasteiger partial charge in [-0.25, -0.2) is 0 Å². The van der Waals surface area contributed by atoms with E-state index in [4.69, 9.17) is 0 Å². The van der Waals surface area contributed by atoms with Crippen LogP contribution in [0, 0.1) is 38.6 Å². The Bertz CT molecular complexity index is 2280. The first-order chi connectivity index (χ1) is 25.1. The molecule has 3 heterocycles. The fourth-order valence-electron chi connectivity index (χ4n) is 5.95. The Morgan fingerprint density at radius 2 is 0.558 bits per heavy atom. The minimum absolute atomic E-state index is 0. The van der Waals surface area contributed by atoms with Gasteiger partial charge in [0.25, 0.3) is 0 Å². The molecule has 0 saturated heterocycles. The van der Waals surface area contributed by atoms with Crippen LogP contribution in [0.5, 0.6) is 17.2 Å². The number of pyridine rings is 3. The van der Waals surface area contributed by atoms with Gasteiger partial charge in [-0.15, -0.1) is 0 Å². The number of fused-ring (bicyclic) bond motifs is 3. The maximum atomic E-state index is 10.3. The van der Waals surface area contributed by atoms with Crippen molar-refractivity contribution >= 4 is 32.3 Å². The van der Waals surface area contributed by atoms with Gasteiger partial charge in [-0.1, -0.05) is 109 Å². The number of phenols is 3. The second-order valence-corrected chi connectivity index (χ2v) is 11.7. The van der Waals surface area contributed by atoms with E-state index < -0.39 is 0 Å². The van der Waals surface area contributed by atoms with E-state index in [-0.39, 0.29) is 38.6 Å². The van der Waals surface area contributed by atoms with Crippen LogP contribution in [0.4, 0.5) is 0 Å². The zero-order valence-electron chi connectivity index (χ0n) is 27.8. The quantitative estimate of drug-likeness (QED) is 0.164. The fourth-order valence-corrected chi connectivity index (χ4v) is 5.95. The van der Waals surface area contributed by atoms with Gasteiger partial charge in [0.1, 0.15) is 17.2 Å². The van der Waals surface area contributed by atoms with Gasteiger partial charge in [0, 0.05) is 90.1 Å². The van der Waals surface area contributed by atoms with E-state index >= 15 is 0 Å². The molecule has 3 aromatic heterocycles. The predicted molar refractivity (Wildman–Crippen MR) is 207 cm³/mol. The molecule has 0 aliphatic carbocycles. The van der Waals surface area contributed by atoms with Crippen LogP contribution in [-0.2, 0) is 0 Å². The van der Waals surface area contributed by atoms with Crippen molar-refractivity contribution in [2.24, 2.45) is 0 Å². The summed E-state index contributed by atoms with van der Waals surface area (Å²) in [6.07, 6.45) is 5.18. The molecule has 9 aromatic rings. The molecule has 0 amide bonds. The van der Waals surface area contributed by atoms with Crippen LogP contribution in [-0.4, -0.2) is 30.3 Å². The van der Waals surface area contributed by atoms with E-state index in [1.807, 2.05) is 164 Å². The normalized spacial score (nSPS) is 10.4. The van der Waals surface area contributed by atoms with Crippen LogP contribution < -0.4 is 0 Å². The molecule has 52 heavy (non-hydrogen) atoms. The molecule has 0 unspecified atom stereocenters.